The van der Waals surface area contributed by atoms with Gasteiger partial charge in [-0.1, -0.05) is 36.4 Å². The molecule has 3 rings (SSSR count). The molecule has 2 unspecified atom stereocenters. The number of carboxylic acid groups (broad SMARTS) is 1. The number of β-lactam (4-membered cyclic amide) rings is 1. The van der Waals surface area contributed by atoms with Crippen LogP contribution in [-0.4, -0.2) is 51.5 Å². The fourth-order valence-corrected chi connectivity index (χ4v) is 4.48. The lowest BCUT2D eigenvalue weighted by molar-refractivity contribution is -0.156. The number of amides is 2. The minimum atomic E-state index is -1.12. The van der Waals surface area contributed by atoms with Crippen LogP contribution in [0.3, 0.4) is 0 Å². The van der Waals surface area contributed by atoms with Crippen LogP contribution in [0.1, 0.15) is 5.56 Å². The Morgan fingerprint density at radius 3 is 2.75 bits per heavy atom. The molecule has 0 bridgehead atoms. The van der Waals surface area contributed by atoms with Crippen LogP contribution in [0.4, 0.5) is 0 Å². The SMILES string of the molecule is C=CC1(C(=O)O)CS[C@@H]2C(NC(=O)Cc3ccccc3)C(=O)N2C1. The number of carbonyl (C=O) groups is 3. The van der Waals surface area contributed by atoms with Gasteiger partial charge in [-0.05, 0) is 5.56 Å². The van der Waals surface area contributed by atoms with Gasteiger partial charge in [-0.3, -0.25) is 14.4 Å². The fourth-order valence-electron chi connectivity index (χ4n) is 2.94. The second-order valence-corrected chi connectivity index (χ2v) is 7.15. The summed E-state index contributed by atoms with van der Waals surface area (Å²) in [6.07, 6.45) is 1.61. The molecule has 2 N–H and O–H groups in total. The van der Waals surface area contributed by atoms with Gasteiger partial charge >= 0.3 is 5.97 Å². The van der Waals surface area contributed by atoms with E-state index in [9.17, 15) is 19.5 Å². The van der Waals surface area contributed by atoms with Crippen molar-refractivity contribution in [3.63, 3.8) is 0 Å². The maximum atomic E-state index is 12.3. The number of carboxylic acids is 1. The first-order valence-electron chi connectivity index (χ1n) is 7.59. The third-order valence-electron chi connectivity index (χ3n) is 4.45. The van der Waals surface area contributed by atoms with Gasteiger partial charge in [0.2, 0.25) is 11.8 Å². The zero-order valence-electron chi connectivity index (χ0n) is 13.0. The van der Waals surface area contributed by atoms with E-state index in [1.165, 1.54) is 22.7 Å². The average molecular weight is 346 g/mol. The minimum Gasteiger partial charge on any atom is -0.481 e. The normalized spacial score (nSPS) is 28.5. The summed E-state index contributed by atoms with van der Waals surface area (Å²) in [4.78, 5) is 37.4. The molecule has 24 heavy (non-hydrogen) atoms. The number of hydrogen-bond acceptors (Lipinski definition) is 4. The van der Waals surface area contributed by atoms with E-state index in [1.807, 2.05) is 30.3 Å². The summed E-state index contributed by atoms with van der Waals surface area (Å²) < 4.78 is 0. The first-order valence-corrected chi connectivity index (χ1v) is 8.64. The van der Waals surface area contributed by atoms with Gasteiger partial charge in [0, 0.05) is 12.3 Å². The first kappa shape index (κ1) is 16.6. The monoisotopic (exact) mass is 346 g/mol. The molecular formula is C17H18N2O4S. The summed E-state index contributed by atoms with van der Waals surface area (Å²) in [5.41, 5.74) is -0.234. The van der Waals surface area contributed by atoms with E-state index in [1.54, 1.807) is 0 Å². The standard InChI is InChI=1S/C17H18N2O4S/c1-2-17(16(22)23)9-19-14(21)13(15(19)24-10-17)18-12(20)8-11-6-4-3-5-7-11/h2-7,13,15H,1,8-10H2,(H,18,20)(H,22,23)/t13?,15-,17?/m1/s1. The Labute approximate surface area is 143 Å². The molecule has 3 atom stereocenters. The first-order chi connectivity index (χ1) is 11.5. The largest absolute Gasteiger partial charge is 0.481 e. The van der Waals surface area contributed by atoms with Crippen molar-refractivity contribution >= 4 is 29.5 Å². The summed E-state index contributed by atoms with van der Waals surface area (Å²) in [6, 6.07) is 8.72. The lowest BCUT2D eigenvalue weighted by atomic mass is 9.87. The second kappa shape index (κ2) is 6.32. The van der Waals surface area contributed by atoms with Gasteiger partial charge in [0.15, 0.2) is 0 Å². The second-order valence-electron chi connectivity index (χ2n) is 6.04. The van der Waals surface area contributed by atoms with E-state index in [2.05, 4.69) is 11.9 Å². The summed E-state index contributed by atoms with van der Waals surface area (Å²) in [5, 5.41) is 11.9. The van der Waals surface area contributed by atoms with E-state index >= 15 is 0 Å². The van der Waals surface area contributed by atoms with Crippen LogP contribution in [-0.2, 0) is 20.8 Å². The highest BCUT2D eigenvalue weighted by Crippen LogP contribution is 2.42. The van der Waals surface area contributed by atoms with Crippen molar-refractivity contribution in [1.82, 2.24) is 10.2 Å². The molecular weight excluding hydrogens is 328 g/mol. The van der Waals surface area contributed by atoms with Gasteiger partial charge in [0.05, 0.1) is 6.42 Å². The molecule has 0 spiro atoms. The average Bonchev–Trinajstić information content (AvgIpc) is 2.59. The number of hydrogen-bond donors (Lipinski definition) is 2. The van der Waals surface area contributed by atoms with Crippen LogP contribution in [0.25, 0.3) is 0 Å². The van der Waals surface area contributed by atoms with Crippen molar-refractivity contribution in [2.45, 2.75) is 17.8 Å². The van der Waals surface area contributed by atoms with E-state index in [0.29, 0.717) is 5.75 Å². The Kier molecular flexibility index (Phi) is 4.36. The molecule has 0 aromatic heterocycles. The smallest absolute Gasteiger partial charge is 0.316 e. The lowest BCUT2D eigenvalue weighted by Crippen LogP contribution is -2.73. The lowest BCUT2D eigenvalue weighted by Gasteiger charge is -2.53. The maximum Gasteiger partial charge on any atom is 0.316 e. The molecule has 2 fully saturated rings. The molecule has 6 nitrogen and oxygen atoms in total. The van der Waals surface area contributed by atoms with Crippen molar-refractivity contribution in [2.75, 3.05) is 12.3 Å². The highest BCUT2D eigenvalue weighted by atomic mass is 32.2. The minimum absolute atomic E-state index is 0.105. The topological polar surface area (TPSA) is 86.7 Å². The van der Waals surface area contributed by atoms with Crippen LogP contribution in [0.15, 0.2) is 43.0 Å². The summed E-state index contributed by atoms with van der Waals surface area (Å²) in [5.74, 6) is -1.08. The summed E-state index contributed by atoms with van der Waals surface area (Å²) in [7, 11) is 0. The molecule has 0 aliphatic carbocycles. The van der Waals surface area contributed by atoms with Crippen molar-refractivity contribution in [3.05, 3.63) is 48.6 Å². The Bertz CT molecular complexity index is 693. The van der Waals surface area contributed by atoms with E-state index in [0.717, 1.165) is 5.56 Å². The molecule has 2 aliphatic heterocycles. The number of fused-ring (bicyclic) bond motifs is 1. The number of nitrogens with one attached hydrogen (secondary N) is 1. The number of nitrogens with zero attached hydrogens (tertiary/aromatic N) is 1. The van der Waals surface area contributed by atoms with Crippen molar-refractivity contribution < 1.29 is 19.5 Å². The van der Waals surface area contributed by atoms with Gasteiger partial charge in [-0.15, -0.1) is 18.3 Å². The van der Waals surface area contributed by atoms with Crippen LogP contribution in [0.2, 0.25) is 0 Å². The van der Waals surface area contributed by atoms with E-state index in [-0.39, 0.29) is 30.2 Å². The van der Waals surface area contributed by atoms with Gasteiger partial charge in [-0.25, -0.2) is 0 Å². The number of thioether (sulfide) groups is 1. The molecule has 1 aromatic rings. The van der Waals surface area contributed by atoms with Crippen LogP contribution >= 0.6 is 11.8 Å². The molecule has 0 saturated carbocycles. The maximum absolute atomic E-state index is 12.3. The molecule has 1 aromatic carbocycles. The number of carbonyl (C=O) groups excluding carboxylic acids is 2. The van der Waals surface area contributed by atoms with Crippen LogP contribution in [0, 0.1) is 5.41 Å². The Morgan fingerprint density at radius 1 is 1.42 bits per heavy atom. The third-order valence-corrected chi connectivity index (χ3v) is 6.00. The summed E-state index contributed by atoms with van der Waals surface area (Å²) in [6.45, 7) is 3.70. The van der Waals surface area contributed by atoms with Gasteiger partial charge in [0.25, 0.3) is 0 Å². The van der Waals surface area contributed by atoms with E-state index < -0.39 is 17.4 Å². The molecule has 0 radical (unpaired) electrons. The molecule has 2 aliphatic rings. The van der Waals surface area contributed by atoms with Gasteiger partial charge in [0.1, 0.15) is 16.8 Å². The molecule has 2 heterocycles. The summed E-state index contributed by atoms with van der Waals surface area (Å²) >= 11 is 1.37. The predicted octanol–water partition coefficient (Wildman–Crippen LogP) is 0.886. The molecule has 126 valence electrons. The Morgan fingerprint density at radius 2 is 2.12 bits per heavy atom. The molecule has 2 saturated heterocycles. The zero-order valence-corrected chi connectivity index (χ0v) is 13.8. The quantitative estimate of drug-likeness (QED) is 0.611. The Hall–Kier alpha value is -2.28. The molecule has 7 heteroatoms. The fraction of sp³-hybridized carbons (Fsp3) is 0.353. The van der Waals surface area contributed by atoms with Crippen LogP contribution in [0.5, 0.6) is 0 Å². The third kappa shape index (κ3) is 2.80. The van der Waals surface area contributed by atoms with Crippen molar-refractivity contribution in [2.24, 2.45) is 5.41 Å². The number of benzene rings is 1. The van der Waals surface area contributed by atoms with Crippen LogP contribution < -0.4 is 5.32 Å². The van der Waals surface area contributed by atoms with Crippen molar-refractivity contribution in [3.8, 4) is 0 Å². The van der Waals surface area contributed by atoms with Crippen molar-refractivity contribution in [1.29, 1.82) is 0 Å². The van der Waals surface area contributed by atoms with Gasteiger partial charge in [-0.2, -0.15) is 0 Å². The number of aliphatic carboxylic acids is 1. The molecule has 2 amide bonds. The Balaban J connectivity index is 1.61. The van der Waals surface area contributed by atoms with E-state index in [4.69, 9.17) is 0 Å². The predicted molar refractivity (Wildman–Crippen MR) is 90.3 cm³/mol. The highest BCUT2D eigenvalue weighted by Gasteiger charge is 2.56. The highest BCUT2D eigenvalue weighted by molar-refractivity contribution is 8.00. The number of rotatable bonds is 5. The van der Waals surface area contributed by atoms with Gasteiger partial charge < -0.3 is 15.3 Å². The zero-order chi connectivity index (χ0) is 17.3.